The molecular formula is C15H15BrClN3O2S. The normalized spacial score (nSPS) is 11.8. The second-order valence-electron chi connectivity index (χ2n) is 4.81. The Labute approximate surface area is 151 Å². The van der Waals surface area contributed by atoms with Gasteiger partial charge in [-0.3, -0.25) is 20.4 Å². The molecule has 1 unspecified atom stereocenters. The fourth-order valence-corrected chi connectivity index (χ4v) is 3.32. The molecule has 2 amide bonds. The number of benzene rings is 1. The van der Waals surface area contributed by atoms with Crippen molar-refractivity contribution in [1.82, 2.24) is 15.4 Å². The molecule has 1 atom stereocenters. The van der Waals surface area contributed by atoms with Gasteiger partial charge in [0.05, 0.1) is 5.25 Å². The van der Waals surface area contributed by atoms with Crippen LogP contribution in [-0.2, 0) is 11.8 Å². The molecule has 122 valence electrons. The third-order valence-corrected chi connectivity index (χ3v) is 4.80. The van der Waals surface area contributed by atoms with Crippen molar-refractivity contribution >= 4 is 51.1 Å². The first kappa shape index (κ1) is 17.9. The number of carbonyl (C=O) groups excluding carboxylic acids is 2. The number of hydrogen-bond donors (Lipinski definition) is 2. The van der Waals surface area contributed by atoms with Gasteiger partial charge in [0.25, 0.3) is 11.8 Å². The van der Waals surface area contributed by atoms with Gasteiger partial charge in [0.1, 0.15) is 5.69 Å². The summed E-state index contributed by atoms with van der Waals surface area (Å²) in [5, 5.41) is 0.282. The highest BCUT2D eigenvalue weighted by Gasteiger charge is 2.17. The number of nitrogens with zero attached hydrogens (tertiary/aromatic N) is 1. The van der Waals surface area contributed by atoms with Crippen molar-refractivity contribution in [3.8, 4) is 0 Å². The third kappa shape index (κ3) is 5.02. The molecule has 5 nitrogen and oxygen atoms in total. The Kier molecular flexibility index (Phi) is 6.15. The van der Waals surface area contributed by atoms with Crippen molar-refractivity contribution in [2.24, 2.45) is 7.05 Å². The molecule has 0 saturated heterocycles. The zero-order valence-electron chi connectivity index (χ0n) is 12.5. The monoisotopic (exact) mass is 415 g/mol. The number of halogens is 2. The average molecular weight is 417 g/mol. The lowest BCUT2D eigenvalue weighted by atomic mass is 10.4. The van der Waals surface area contributed by atoms with E-state index >= 15 is 0 Å². The molecule has 0 bridgehead atoms. The molecule has 0 aliphatic rings. The van der Waals surface area contributed by atoms with Crippen LogP contribution >= 0.6 is 39.3 Å². The maximum absolute atomic E-state index is 12.1. The molecule has 0 aliphatic carbocycles. The van der Waals surface area contributed by atoms with Gasteiger partial charge in [0.15, 0.2) is 0 Å². The zero-order chi connectivity index (χ0) is 17.0. The second kappa shape index (κ2) is 7.90. The number of thioether (sulfide) groups is 1. The molecule has 0 fully saturated rings. The summed E-state index contributed by atoms with van der Waals surface area (Å²) in [7, 11) is 1.75. The van der Waals surface area contributed by atoms with Crippen LogP contribution in [0.15, 0.2) is 45.9 Å². The lowest BCUT2D eigenvalue weighted by molar-refractivity contribution is -0.121. The van der Waals surface area contributed by atoms with E-state index in [1.807, 2.05) is 12.1 Å². The Morgan fingerprint density at radius 2 is 1.91 bits per heavy atom. The van der Waals surface area contributed by atoms with Gasteiger partial charge in [0.2, 0.25) is 0 Å². The molecule has 8 heteroatoms. The summed E-state index contributed by atoms with van der Waals surface area (Å²) in [5.41, 5.74) is 5.29. The number of amides is 2. The lowest BCUT2D eigenvalue weighted by Crippen LogP contribution is -2.45. The molecule has 1 heterocycles. The van der Waals surface area contributed by atoms with E-state index in [2.05, 4.69) is 26.8 Å². The minimum Gasteiger partial charge on any atom is -0.345 e. The number of hydrazine groups is 1. The van der Waals surface area contributed by atoms with E-state index in [0.29, 0.717) is 10.7 Å². The van der Waals surface area contributed by atoms with Crippen LogP contribution in [0.3, 0.4) is 0 Å². The van der Waals surface area contributed by atoms with Crippen LogP contribution in [0.25, 0.3) is 0 Å². The number of hydrogen-bond acceptors (Lipinski definition) is 3. The van der Waals surface area contributed by atoms with E-state index in [1.165, 1.54) is 11.8 Å². The van der Waals surface area contributed by atoms with Crippen LogP contribution < -0.4 is 10.9 Å². The van der Waals surface area contributed by atoms with Crippen molar-refractivity contribution in [1.29, 1.82) is 0 Å². The quantitative estimate of drug-likeness (QED) is 0.593. The Morgan fingerprint density at radius 3 is 2.48 bits per heavy atom. The highest BCUT2D eigenvalue weighted by Crippen LogP contribution is 2.24. The lowest BCUT2D eigenvalue weighted by Gasteiger charge is -2.13. The second-order valence-corrected chi connectivity index (χ2v) is 7.58. The molecule has 2 N–H and O–H groups in total. The van der Waals surface area contributed by atoms with E-state index in [0.717, 1.165) is 9.37 Å². The maximum atomic E-state index is 12.1. The van der Waals surface area contributed by atoms with E-state index in [1.54, 1.807) is 42.9 Å². The van der Waals surface area contributed by atoms with Crippen molar-refractivity contribution in [2.75, 3.05) is 0 Å². The standard InChI is InChI=1S/C15H15BrClN3O2S/c1-9(23-12-5-3-11(17)4-6-12)14(21)18-19-15(22)13-7-10(16)8-20(13)2/h3-9H,1-2H3,(H,18,21)(H,19,22). The summed E-state index contributed by atoms with van der Waals surface area (Å²) in [6, 6.07) is 8.90. The van der Waals surface area contributed by atoms with Gasteiger partial charge in [-0.1, -0.05) is 11.6 Å². The molecular weight excluding hydrogens is 402 g/mol. The molecule has 0 spiro atoms. The Balaban J connectivity index is 1.87. The number of aryl methyl sites for hydroxylation is 1. The van der Waals surface area contributed by atoms with E-state index in [-0.39, 0.29) is 17.1 Å². The predicted molar refractivity (Wildman–Crippen MR) is 95.5 cm³/mol. The average Bonchev–Trinajstić information content (AvgIpc) is 2.85. The first-order valence-corrected chi connectivity index (χ1v) is 8.76. The van der Waals surface area contributed by atoms with Gasteiger partial charge in [-0.25, -0.2) is 0 Å². The Morgan fingerprint density at radius 1 is 1.26 bits per heavy atom. The molecule has 1 aromatic heterocycles. The number of nitrogens with one attached hydrogen (secondary N) is 2. The van der Waals surface area contributed by atoms with Gasteiger partial charge >= 0.3 is 0 Å². The largest absolute Gasteiger partial charge is 0.345 e. The molecule has 0 radical (unpaired) electrons. The number of rotatable bonds is 4. The van der Waals surface area contributed by atoms with Gasteiger partial charge in [-0.15, -0.1) is 11.8 Å². The minimum atomic E-state index is -0.379. The summed E-state index contributed by atoms with van der Waals surface area (Å²) in [6.45, 7) is 1.76. The number of aromatic nitrogens is 1. The van der Waals surface area contributed by atoms with E-state index in [9.17, 15) is 9.59 Å². The number of carbonyl (C=O) groups is 2. The fourth-order valence-electron chi connectivity index (χ4n) is 1.80. The van der Waals surface area contributed by atoms with Crippen molar-refractivity contribution in [3.63, 3.8) is 0 Å². The summed E-state index contributed by atoms with van der Waals surface area (Å²) >= 11 is 10.5. The minimum absolute atomic E-state index is 0.286. The fraction of sp³-hybridized carbons (Fsp3) is 0.200. The molecule has 2 aromatic rings. The third-order valence-electron chi connectivity index (χ3n) is 3.00. The highest BCUT2D eigenvalue weighted by atomic mass is 79.9. The van der Waals surface area contributed by atoms with Crippen LogP contribution in [0.1, 0.15) is 17.4 Å². The Bertz CT molecular complexity index is 718. The van der Waals surface area contributed by atoms with E-state index in [4.69, 9.17) is 11.6 Å². The maximum Gasteiger partial charge on any atom is 0.286 e. The van der Waals surface area contributed by atoms with Crippen LogP contribution in [0, 0.1) is 0 Å². The van der Waals surface area contributed by atoms with Crippen LogP contribution in [-0.4, -0.2) is 21.6 Å². The SMILES string of the molecule is CC(Sc1ccc(Cl)cc1)C(=O)NNC(=O)c1cc(Br)cn1C. The van der Waals surface area contributed by atoms with Crippen molar-refractivity contribution < 1.29 is 9.59 Å². The zero-order valence-corrected chi connectivity index (χ0v) is 15.6. The van der Waals surface area contributed by atoms with Crippen LogP contribution in [0.4, 0.5) is 0 Å². The highest BCUT2D eigenvalue weighted by molar-refractivity contribution is 9.10. The molecule has 0 saturated carbocycles. The van der Waals surface area contributed by atoms with Crippen LogP contribution in [0.2, 0.25) is 5.02 Å². The summed E-state index contributed by atoms with van der Waals surface area (Å²) in [6.07, 6.45) is 1.76. The van der Waals surface area contributed by atoms with Gasteiger partial charge < -0.3 is 4.57 Å². The predicted octanol–water partition coefficient (Wildman–Crippen LogP) is 3.38. The first-order valence-electron chi connectivity index (χ1n) is 6.71. The molecule has 2 rings (SSSR count). The van der Waals surface area contributed by atoms with Crippen molar-refractivity contribution in [2.45, 2.75) is 17.1 Å². The van der Waals surface area contributed by atoms with Crippen LogP contribution in [0.5, 0.6) is 0 Å². The summed E-state index contributed by atoms with van der Waals surface area (Å²) < 4.78 is 2.46. The molecule has 1 aromatic carbocycles. The topological polar surface area (TPSA) is 63.1 Å². The van der Waals surface area contributed by atoms with Crippen molar-refractivity contribution in [3.05, 3.63) is 51.7 Å². The summed E-state index contributed by atoms with van der Waals surface area (Å²) in [4.78, 5) is 25.0. The summed E-state index contributed by atoms with van der Waals surface area (Å²) in [5.74, 6) is -0.665. The van der Waals surface area contributed by atoms with Gasteiger partial charge in [-0.05, 0) is 53.2 Å². The molecule has 23 heavy (non-hydrogen) atoms. The van der Waals surface area contributed by atoms with Gasteiger partial charge in [0, 0.05) is 27.6 Å². The van der Waals surface area contributed by atoms with Gasteiger partial charge in [-0.2, -0.15) is 0 Å². The van der Waals surface area contributed by atoms with E-state index < -0.39 is 0 Å². The first-order chi connectivity index (χ1) is 10.9. The smallest absolute Gasteiger partial charge is 0.286 e. The molecule has 0 aliphatic heterocycles. The Hall–Kier alpha value is -1.44.